The minimum Gasteiger partial charge on any atom is -0.393 e. The molecule has 0 bridgehead atoms. The number of anilines is 3. The largest absolute Gasteiger partial charge is 0.393 e. The van der Waals surface area contributed by atoms with Crippen LogP contribution in [0.5, 0.6) is 0 Å². The summed E-state index contributed by atoms with van der Waals surface area (Å²) in [5.41, 5.74) is 8.97. The Labute approximate surface area is 95.0 Å². The van der Waals surface area contributed by atoms with E-state index in [1.165, 1.54) is 19.2 Å². The van der Waals surface area contributed by atoms with Crippen LogP contribution >= 0.6 is 0 Å². The third-order valence-corrected chi connectivity index (χ3v) is 2.96. The molecule has 0 aliphatic carbocycles. The molecule has 1 aliphatic heterocycles. The predicted molar refractivity (Wildman–Crippen MR) is 64.9 cm³/mol. The number of rotatable bonds is 2. The highest BCUT2D eigenvalue weighted by atomic mass is 15.3. The molecule has 0 radical (unpaired) electrons. The first-order chi connectivity index (χ1) is 7.72. The standard InChI is InChI=1S/C10H18N6/c1-7-3-2-4-16(5-7)10-8(11)9(15-12)13-6-14-10/h6-7H,2-5,11-12H2,1H3,(H,13,14,15). The number of hydrogen-bond donors (Lipinski definition) is 3. The molecule has 1 atom stereocenters. The van der Waals surface area contributed by atoms with Crippen LogP contribution in [0.1, 0.15) is 19.8 Å². The number of hydrazine groups is 1. The summed E-state index contributed by atoms with van der Waals surface area (Å²) in [5.74, 6) is 7.29. The number of nitrogens with zero attached hydrogens (tertiary/aromatic N) is 3. The second-order valence-electron chi connectivity index (χ2n) is 4.30. The molecular formula is C10H18N6. The average Bonchev–Trinajstić information content (AvgIpc) is 2.29. The zero-order chi connectivity index (χ0) is 11.5. The molecule has 0 saturated carbocycles. The maximum atomic E-state index is 5.96. The Balaban J connectivity index is 2.25. The van der Waals surface area contributed by atoms with Gasteiger partial charge in [0.25, 0.3) is 0 Å². The molecule has 6 nitrogen and oxygen atoms in total. The summed E-state index contributed by atoms with van der Waals surface area (Å²) < 4.78 is 0. The zero-order valence-electron chi connectivity index (χ0n) is 9.48. The van der Waals surface area contributed by atoms with Crippen LogP contribution in [0, 0.1) is 5.92 Å². The van der Waals surface area contributed by atoms with Gasteiger partial charge >= 0.3 is 0 Å². The Bertz CT molecular complexity index is 366. The molecule has 1 saturated heterocycles. The van der Waals surface area contributed by atoms with Crippen molar-refractivity contribution < 1.29 is 0 Å². The molecule has 2 rings (SSSR count). The fraction of sp³-hybridized carbons (Fsp3) is 0.600. The molecular weight excluding hydrogens is 204 g/mol. The molecule has 1 unspecified atom stereocenters. The van der Waals surface area contributed by atoms with E-state index in [4.69, 9.17) is 11.6 Å². The van der Waals surface area contributed by atoms with Gasteiger partial charge in [0.2, 0.25) is 0 Å². The number of aromatic nitrogens is 2. The summed E-state index contributed by atoms with van der Waals surface area (Å²) in [6.45, 7) is 4.23. The predicted octanol–water partition coefficient (Wildman–Crippen LogP) is 0.581. The molecule has 1 aliphatic rings. The average molecular weight is 222 g/mol. The molecule has 1 aromatic rings. The van der Waals surface area contributed by atoms with Crippen molar-refractivity contribution in [2.24, 2.45) is 11.8 Å². The lowest BCUT2D eigenvalue weighted by atomic mass is 10.0. The van der Waals surface area contributed by atoms with Gasteiger partial charge in [-0.2, -0.15) is 0 Å². The molecule has 0 amide bonds. The summed E-state index contributed by atoms with van der Waals surface area (Å²) in [4.78, 5) is 10.4. The first-order valence-corrected chi connectivity index (χ1v) is 5.54. The van der Waals surface area contributed by atoms with E-state index in [2.05, 4.69) is 27.2 Å². The quantitative estimate of drug-likeness (QED) is 0.500. The molecule has 5 N–H and O–H groups in total. The van der Waals surface area contributed by atoms with Crippen molar-refractivity contribution in [1.82, 2.24) is 9.97 Å². The monoisotopic (exact) mass is 222 g/mol. The smallest absolute Gasteiger partial charge is 0.168 e. The van der Waals surface area contributed by atoms with E-state index in [0.29, 0.717) is 17.4 Å². The maximum absolute atomic E-state index is 5.96. The zero-order valence-corrected chi connectivity index (χ0v) is 9.48. The summed E-state index contributed by atoms with van der Waals surface area (Å²) in [6.07, 6.45) is 3.93. The van der Waals surface area contributed by atoms with Gasteiger partial charge in [0.1, 0.15) is 12.0 Å². The lowest BCUT2D eigenvalue weighted by Gasteiger charge is -2.32. The fourth-order valence-electron chi connectivity index (χ4n) is 2.14. The van der Waals surface area contributed by atoms with Gasteiger partial charge in [0, 0.05) is 13.1 Å². The highest BCUT2D eigenvalue weighted by Crippen LogP contribution is 2.28. The SMILES string of the molecule is CC1CCCN(c2ncnc(NN)c2N)C1. The second kappa shape index (κ2) is 4.52. The Hall–Kier alpha value is -1.56. The minimum absolute atomic E-state index is 0.489. The molecule has 6 heteroatoms. The number of hydrogen-bond acceptors (Lipinski definition) is 6. The van der Waals surface area contributed by atoms with Crippen molar-refractivity contribution in [3.8, 4) is 0 Å². The van der Waals surface area contributed by atoms with Crippen LogP contribution in [0.4, 0.5) is 17.3 Å². The molecule has 1 aromatic heterocycles. The third kappa shape index (κ3) is 2.01. The van der Waals surface area contributed by atoms with E-state index in [1.807, 2.05) is 0 Å². The van der Waals surface area contributed by atoms with Crippen molar-refractivity contribution in [2.45, 2.75) is 19.8 Å². The normalized spacial score (nSPS) is 20.9. The molecule has 88 valence electrons. The number of piperidine rings is 1. The van der Waals surface area contributed by atoms with Gasteiger partial charge < -0.3 is 16.1 Å². The van der Waals surface area contributed by atoms with Gasteiger partial charge in [-0.15, -0.1) is 0 Å². The molecule has 16 heavy (non-hydrogen) atoms. The van der Waals surface area contributed by atoms with Gasteiger partial charge in [-0.05, 0) is 18.8 Å². The van der Waals surface area contributed by atoms with Gasteiger partial charge in [-0.3, -0.25) is 0 Å². The van der Waals surface area contributed by atoms with E-state index < -0.39 is 0 Å². The highest BCUT2D eigenvalue weighted by molar-refractivity contribution is 5.74. The van der Waals surface area contributed by atoms with Gasteiger partial charge in [-0.25, -0.2) is 15.8 Å². The van der Waals surface area contributed by atoms with Crippen LogP contribution in [0.2, 0.25) is 0 Å². The van der Waals surface area contributed by atoms with E-state index in [1.54, 1.807) is 0 Å². The summed E-state index contributed by atoms with van der Waals surface area (Å²) in [6, 6.07) is 0. The maximum Gasteiger partial charge on any atom is 0.168 e. The topological polar surface area (TPSA) is 93.1 Å². The number of nitrogen functional groups attached to an aromatic ring is 2. The Morgan fingerprint density at radius 2 is 2.31 bits per heavy atom. The Morgan fingerprint density at radius 1 is 1.50 bits per heavy atom. The van der Waals surface area contributed by atoms with Crippen LogP contribution in [0.15, 0.2) is 6.33 Å². The van der Waals surface area contributed by atoms with Crippen molar-refractivity contribution in [1.29, 1.82) is 0 Å². The van der Waals surface area contributed by atoms with Gasteiger partial charge in [-0.1, -0.05) is 6.92 Å². The van der Waals surface area contributed by atoms with Gasteiger partial charge in [0.05, 0.1) is 0 Å². The lowest BCUT2D eigenvalue weighted by molar-refractivity contribution is 0.445. The molecule has 2 heterocycles. The van der Waals surface area contributed by atoms with Gasteiger partial charge in [0.15, 0.2) is 11.6 Å². The van der Waals surface area contributed by atoms with Crippen LogP contribution < -0.4 is 21.9 Å². The summed E-state index contributed by atoms with van der Waals surface area (Å²) in [7, 11) is 0. The highest BCUT2D eigenvalue weighted by Gasteiger charge is 2.20. The number of nitrogens with two attached hydrogens (primary N) is 2. The number of nitrogens with one attached hydrogen (secondary N) is 1. The minimum atomic E-state index is 0.489. The molecule has 0 aromatic carbocycles. The Kier molecular flexibility index (Phi) is 3.09. The van der Waals surface area contributed by atoms with E-state index in [9.17, 15) is 0 Å². The van der Waals surface area contributed by atoms with Crippen LogP contribution in [-0.2, 0) is 0 Å². The lowest BCUT2D eigenvalue weighted by Crippen LogP contribution is -2.35. The van der Waals surface area contributed by atoms with Crippen LogP contribution in [0.3, 0.4) is 0 Å². The Morgan fingerprint density at radius 3 is 3.00 bits per heavy atom. The van der Waals surface area contributed by atoms with E-state index >= 15 is 0 Å². The van der Waals surface area contributed by atoms with Crippen LogP contribution in [0.25, 0.3) is 0 Å². The van der Waals surface area contributed by atoms with Crippen molar-refractivity contribution >= 4 is 17.3 Å². The van der Waals surface area contributed by atoms with E-state index in [-0.39, 0.29) is 0 Å². The first-order valence-electron chi connectivity index (χ1n) is 5.54. The van der Waals surface area contributed by atoms with Crippen molar-refractivity contribution in [3.05, 3.63) is 6.33 Å². The molecule has 0 spiro atoms. The van der Waals surface area contributed by atoms with Crippen LogP contribution in [-0.4, -0.2) is 23.1 Å². The van der Waals surface area contributed by atoms with Crippen molar-refractivity contribution in [2.75, 3.05) is 29.1 Å². The van der Waals surface area contributed by atoms with E-state index in [0.717, 1.165) is 18.9 Å². The molecule has 1 fully saturated rings. The fourth-order valence-corrected chi connectivity index (χ4v) is 2.14. The summed E-state index contributed by atoms with van der Waals surface area (Å²) >= 11 is 0. The second-order valence-corrected chi connectivity index (χ2v) is 4.30. The first kappa shape index (κ1) is 10.9. The summed E-state index contributed by atoms with van der Waals surface area (Å²) in [5, 5.41) is 0. The van der Waals surface area contributed by atoms with Crippen molar-refractivity contribution in [3.63, 3.8) is 0 Å². The third-order valence-electron chi connectivity index (χ3n) is 2.96.